The lowest BCUT2D eigenvalue weighted by molar-refractivity contribution is 0.0470. The van der Waals surface area contributed by atoms with Crippen molar-refractivity contribution in [1.29, 1.82) is 0 Å². The Morgan fingerprint density at radius 2 is 1.92 bits per heavy atom. The molecule has 3 aromatic rings. The van der Waals surface area contributed by atoms with Crippen molar-refractivity contribution in [3.63, 3.8) is 0 Å². The average Bonchev–Trinajstić information content (AvgIpc) is 2.51. The van der Waals surface area contributed by atoms with E-state index in [0.29, 0.717) is 10.9 Å². The van der Waals surface area contributed by atoms with Gasteiger partial charge in [-0.2, -0.15) is 0 Å². The highest BCUT2D eigenvalue weighted by Gasteiger charge is 2.14. The lowest BCUT2D eigenvalue weighted by atomic mass is 10.1. The van der Waals surface area contributed by atoms with Crippen molar-refractivity contribution >= 4 is 28.5 Å². The Bertz CT molecular complexity index is 992. The average molecular weight is 347 g/mol. The van der Waals surface area contributed by atoms with Crippen molar-refractivity contribution in [1.82, 2.24) is 0 Å². The lowest BCUT2D eigenvalue weighted by Crippen LogP contribution is -2.08. The summed E-state index contributed by atoms with van der Waals surface area (Å²) in [5.74, 6) is -1.11. The molecule has 3 rings (SSSR count). The topological polar surface area (TPSA) is 97.0 Å². The zero-order valence-electron chi connectivity index (χ0n) is 12.2. The quantitative estimate of drug-likeness (QED) is 0.558. The summed E-state index contributed by atoms with van der Waals surface area (Å²) >= 11 is 5.71. The number of phenols is 2. The van der Waals surface area contributed by atoms with Crippen molar-refractivity contribution in [2.45, 2.75) is 6.61 Å². The SMILES string of the molecule is O=C(OCc1cc(=O)oc2cc(O)ccc12)c1ccc(Cl)cc1O. The molecule has 2 N–H and O–H groups in total. The van der Waals surface area contributed by atoms with E-state index < -0.39 is 11.6 Å². The molecule has 1 aromatic heterocycles. The van der Waals surface area contributed by atoms with E-state index in [9.17, 15) is 19.8 Å². The summed E-state index contributed by atoms with van der Waals surface area (Å²) < 4.78 is 10.1. The summed E-state index contributed by atoms with van der Waals surface area (Å²) in [5.41, 5.74) is -0.0660. The highest BCUT2D eigenvalue weighted by molar-refractivity contribution is 6.30. The predicted molar refractivity (Wildman–Crippen MR) is 86.4 cm³/mol. The highest BCUT2D eigenvalue weighted by atomic mass is 35.5. The number of carbonyl (C=O) groups is 1. The van der Waals surface area contributed by atoms with Crippen molar-refractivity contribution in [3.05, 3.63) is 69.0 Å². The third-order valence-electron chi connectivity index (χ3n) is 3.35. The second-order valence-electron chi connectivity index (χ2n) is 5.01. The first kappa shape index (κ1) is 15.9. The van der Waals surface area contributed by atoms with Crippen LogP contribution in [0.4, 0.5) is 0 Å². The summed E-state index contributed by atoms with van der Waals surface area (Å²) in [6.07, 6.45) is 0. The summed E-state index contributed by atoms with van der Waals surface area (Å²) in [6.45, 7) is -0.201. The second-order valence-corrected chi connectivity index (χ2v) is 5.45. The van der Waals surface area contributed by atoms with Gasteiger partial charge in [0.2, 0.25) is 0 Å². The minimum absolute atomic E-state index is 0.0377. The molecule has 0 aliphatic rings. The van der Waals surface area contributed by atoms with Crippen LogP contribution in [0.1, 0.15) is 15.9 Å². The van der Waals surface area contributed by atoms with Gasteiger partial charge in [-0.05, 0) is 30.3 Å². The Hall–Kier alpha value is -2.99. The number of esters is 1. The number of ether oxygens (including phenoxy) is 1. The molecule has 6 nitrogen and oxygen atoms in total. The summed E-state index contributed by atoms with van der Waals surface area (Å²) in [6, 6.07) is 9.51. The third-order valence-corrected chi connectivity index (χ3v) is 3.59. The molecule has 0 saturated heterocycles. The molecule has 1 heterocycles. The van der Waals surface area contributed by atoms with Crippen LogP contribution in [0.5, 0.6) is 11.5 Å². The smallest absolute Gasteiger partial charge is 0.342 e. The van der Waals surface area contributed by atoms with E-state index in [0.717, 1.165) is 0 Å². The molecule has 0 radical (unpaired) electrons. The molecular formula is C17H11ClO6. The van der Waals surface area contributed by atoms with Gasteiger partial charge in [-0.3, -0.25) is 0 Å². The van der Waals surface area contributed by atoms with E-state index in [-0.39, 0.29) is 34.3 Å². The van der Waals surface area contributed by atoms with Gasteiger partial charge >= 0.3 is 11.6 Å². The van der Waals surface area contributed by atoms with Crippen LogP contribution in [0.25, 0.3) is 11.0 Å². The highest BCUT2D eigenvalue weighted by Crippen LogP contribution is 2.25. The van der Waals surface area contributed by atoms with Crippen molar-refractivity contribution in [3.8, 4) is 11.5 Å². The molecule has 0 bridgehead atoms. The van der Waals surface area contributed by atoms with E-state index >= 15 is 0 Å². The van der Waals surface area contributed by atoms with Gasteiger partial charge in [0.1, 0.15) is 29.3 Å². The van der Waals surface area contributed by atoms with Gasteiger partial charge in [-0.1, -0.05) is 11.6 Å². The predicted octanol–water partition coefficient (Wildman–Crippen LogP) is 3.21. The van der Waals surface area contributed by atoms with Crippen LogP contribution < -0.4 is 5.63 Å². The Kier molecular flexibility index (Phi) is 4.14. The molecular weight excluding hydrogens is 336 g/mol. The van der Waals surface area contributed by atoms with E-state index in [1.807, 2.05) is 0 Å². The van der Waals surface area contributed by atoms with Gasteiger partial charge in [-0.25, -0.2) is 9.59 Å². The van der Waals surface area contributed by atoms with E-state index in [4.69, 9.17) is 20.8 Å². The molecule has 0 spiro atoms. The van der Waals surface area contributed by atoms with E-state index in [1.54, 1.807) is 6.07 Å². The number of halogens is 1. The number of fused-ring (bicyclic) bond motifs is 1. The summed E-state index contributed by atoms with van der Waals surface area (Å²) in [7, 11) is 0. The Balaban J connectivity index is 1.88. The molecule has 122 valence electrons. The molecule has 7 heteroatoms. The van der Waals surface area contributed by atoms with Crippen LogP contribution in [-0.4, -0.2) is 16.2 Å². The first-order valence-corrected chi connectivity index (χ1v) is 7.23. The fraction of sp³-hybridized carbons (Fsp3) is 0.0588. The largest absolute Gasteiger partial charge is 0.508 e. The van der Waals surface area contributed by atoms with Crippen LogP contribution in [0.15, 0.2) is 51.7 Å². The van der Waals surface area contributed by atoms with Crippen molar-refractivity contribution < 1.29 is 24.2 Å². The number of phenolic OH excluding ortho intramolecular Hbond substituents is 2. The third kappa shape index (κ3) is 3.18. The van der Waals surface area contributed by atoms with Crippen LogP contribution in [0, 0.1) is 0 Å². The van der Waals surface area contributed by atoms with Crippen LogP contribution in [0.3, 0.4) is 0 Å². The van der Waals surface area contributed by atoms with Crippen LogP contribution in [0.2, 0.25) is 5.02 Å². The Labute approximate surface area is 140 Å². The normalized spacial score (nSPS) is 10.7. The molecule has 0 atom stereocenters. The van der Waals surface area contributed by atoms with Crippen LogP contribution >= 0.6 is 11.6 Å². The molecule has 0 aliphatic carbocycles. The van der Waals surface area contributed by atoms with Gasteiger partial charge in [0.05, 0.1) is 0 Å². The molecule has 2 aromatic carbocycles. The maximum absolute atomic E-state index is 12.1. The van der Waals surface area contributed by atoms with Crippen molar-refractivity contribution in [2.75, 3.05) is 0 Å². The minimum atomic E-state index is -0.760. The molecule has 0 amide bonds. The maximum atomic E-state index is 12.1. The first-order chi connectivity index (χ1) is 11.4. The molecule has 0 unspecified atom stereocenters. The standard InChI is InChI=1S/C17H11ClO6/c18-10-1-3-13(14(20)6-10)17(22)23-8-9-5-16(21)24-15-7-11(19)2-4-12(9)15/h1-7,19-20H,8H2. The fourth-order valence-corrected chi connectivity index (χ4v) is 2.40. The van der Waals surface area contributed by atoms with Crippen LogP contribution in [-0.2, 0) is 11.3 Å². The number of hydrogen-bond acceptors (Lipinski definition) is 6. The Morgan fingerprint density at radius 1 is 1.12 bits per heavy atom. The van der Waals surface area contributed by atoms with Gasteiger partial charge in [-0.15, -0.1) is 0 Å². The van der Waals surface area contributed by atoms with Gasteiger partial charge in [0.25, 0.3) is 0 Å². The number of benzene rings is 2. The molecule has 0 saturated carbocycles. The number of rotatable bonds is 3. The zero-order valence-corrected chi connectivity index (χ0v) is 12.9. The summed E-state index contributed by atoms with van der Waals surface area (Å²) in [4.78, 5) is 23.6. The fourth-order valence-electron chi connectivity index (χ4n) is 2.24. The van der Waals surface area contributed by atoms with E-state index in [1.165, 1.54) is 36.4 Å². The maximum Gasteiger partial charge on any atom is 0.342 e. The first-order valence-electron chi connectivity index (χ1n) is 6.85. The second kappa shape index (κ2) is 6.25. The van der Waals surface area contributed by atoms with Gasteiger partial charge < -0.3 is 19.4 Å². The Morgan fingerprint density at radius 3 is 2.67 bits per heavy atom. The van der Waals surface area contributed by atoms with Gasteiger partial charge in [0.15, 0.2) is 0 Å². The number of hydrogen-bond donors (Lipinski definition) is 2. The zero-order chi connectivity index (χ0) is 17.3. The van der Waals surface area contributed by atoms with E-state index in [2.05, 4.69) is 0 Å². The minimum Gasteiger partial charge on any atom is -0.508 e. The molecule has 24 heavy (non-hydrogen) atoms. The lowest BCUT2D eigenvalue weighted by Gasteiger charge is -2.08. The monoisotopic (exact) mass is 346 g/mol. The number of aromatic hydroxyl groups is 2. The number of carbonyl (C=O) groups excluding carboxylic acids is 1. The molecule has 0 aliphatic heterocycles. The van der Waals surface area contributed by atoms with Crippen molar-refractivity contribution in [2.24, 2.45) is 0 Å². The summed E-state index contributed by atoms with van der Waals surface area (Å²) in [5, 5.41) is 20.0. The van der Waals surface area contributed by atoms with Gasteiger partial charge in [0, 0.05) is 28.1 Å². The molecule has 0 fully saturated rings.